The summed E-state index contributed by atoms with van der Waals surface area (Å²) in [4.78, 5) is 14.7. The molecule has 21 heavy (non-hydrogen) atoms. The van der Waals surface area contributed by atoms with Crippen LogP contribution >= 0.6 is 11.8 Å². The quantitative estimate of drug-likeness (QED) is 0.540. The van der Waals surface area contributed by atoms with E-state index in [1.807, 2.05) is 30.8 Å². The van der Waals surface area contributed by atoms with Gasteiger partial charge in [0, 0.05) is 25.4 Å². The Labute approximate surface area is 130 Å². The highest BCUT2D eigenvalue weighted by molar-refractivity contribution is 8.00. The van der Waals surface area contributed by atoms with E-state index < -0.39 is 0 Å². The van der Waals surface area contributed by atoms with Gasteiger partial charge in [-0.2, -0.15) is 26.7 Å². The number of anilines is 3. The van der Waals surface area contributed by atoms with Gasteiger partial charge >= 0.3 is 0 Å². The molecule has 118 valence electrons. The molecular weight excluding hydrogens is 286 g/mol. The summed E-state index contributed by atoms with van der Waals surface area (Å²) in [6.07, 6.45) is 8.64. The average molecular weight is 311 g/mol. The van der Waals surface area contributed by atoms with Crippen molar-refractivity contribution in [2.45, 2.75) is 36.9 Å². The Morgan fingerprint density at radius 1 is 1.14 bits per heavy atom. The van der Waals surface area contributed by atoms with Gasteiger partial charge in [-0.3, -0.25) is 5.43 Å². The second-order valence-corrected chi connectivity index (χ2v) is 6.90. The summed E-state index contributed by atoms with van der Waals surface area (Å²) in [5, 5.41) is 3.37. The van der Waals surface area contributed by atoms with Crippen LogP contribution in [0.25, 0.3) is 0 Å². The van der Waals surface area contributed by atoms with E-state index in [4.69, 9.17) is 5.84 Å². The molecule has 1 saturated carbocycles. The highest BCUT2D eigenvalue weighted by Crippen LogP contribution is 2.38. The van der Waals surface area contributed by atoms with E-state index in [1.165, 1.54) is 32.1 Å². The zero-order valence-electron chi connectivity index (χ0n) is 13.0. The molecule has 0 amide bonds. The smallest absolute Gasteiger partial charge is 0.243 e. The van der Waals surface area contributed by atoms with E-state index in [0.29, 0.717) is 22.6 Å². The summed E-state index contributed by atoms with van der Waals surface area (Å²) in [6.45, 7) is 0.870. The predicted octanol–water partition coefficient (Wildman–Crippen LogP) is 1.70. The minimum atomic E-state index is 0.291. The van der Waals surface area contributed by atoms with Crippen molar-refractivity contribution in [3.05, 3.63) is 0 Å². The van der Waals surface area contributed by atoms with Crippen LogP contribution in [0.2, 0.25) is 0 Å². The normalized spacial score (nSPS) is 17.3. The molecule has 8 heteroatoms. The molecule has 1 aromatic rings. The Kier molecular flexibility index (Phi) is 5.46. The number of nitrogen functional groups attached to an aromatic ring is 1. The van der Waals surface area contributed by atoms with Gasteiger partial charge in [-0.05, 0) is 19.1 Å². The molecule has 2 rings (SSSR count). The molecule has 0 radical (unpaired) electrons. The number of hydrogen-bond acceptors (Lipinski definition) is 8. The summed E-state index contributed by atoms with van der Waals surface area (Å²) in [5.74, 6) is 6.95. The molecule has 0 saturated heterocycles. The van der Waals surface area contributed by atoms with Crippen LogP contribution in [0.5, 0.6) is 0 Å². The number of nitrogens with two attached hydrogens (primary N) is 1. The molecule has 0 unspecified atom stereocenters. The van der Waals surface area contributed by atoms with E-state index in [-0.39, 0.29) is 0 Å². The molecule has 0 aromatic carbocycles. The number of hydrazine groups is 1. The first-order valence-corrected chi connectivity index (χ1v) is 8.50. The van der Waals surface area contributed by atoms with Crippen molar-refractivity contribution < 1.29 is 0 Å². The van der Waals surface area contributed by atoms with Gasteiger partial charge in [0.05, 0.1) is 0 Å². The Morgan fingerprint density at radius 2 is 1.81 bits per heavy atom. The zero-order chi connectivity index (χ0) is 15.3. The predicted molar refractivity (Wildman–Crippen MR) is 89.8 cm³/mol. The van der Waals surface area contributed by atoms with Crippen molar-refractivity contribution in [3.63, 3.8) is 0 Å². The van der Waals surface area contributed by atoms with Gasteiger partial charge in [0.15, 0.2) is 0 Å². The van der Waals surface area contributed by atoms with E-state index in [0.717, 1.165) is 6.54 Å². The van der Waals surface area contributed by atoms with Crippen LogP contribution in [-0.2, 0) is 0 Å². The van der Waals surface area contributed by atoms with E-state index in [1.54, 1.807) is 0 Å². The van der Waals surface area contributed by atoms with Crippen molar-refractivity contribution in [2.75, 3.05) is 42.5 Å². The molecule has 7 nitrogen and oxygen atoms in total. The maximum Gasteiger partial charge on any atom is 0.243 e. The third-order valence-corrected chi connectivity index (χ3v) is 5.34. The first-order valence-electron chi connectivity index (χ1n) is 7.27. The Hall–Kier alpha value is -1.28. The van der Waals surface area contributed by atoms with Gasteiger partial charge in [0.1, 0.15) is 0 Å². The summed E-state index contributed by atoms with van der Waals surface area (Å²) in [6, 6.07) is 0. The van der Waals surface area contributed by atoms with Crippen LogP contribution in [-0.4, -0.2) is 46.6 Å². The molecule has 0 spiro atoms. The molecular formula is C13H25N7S. The summed E-state index contributed by atoms with van der Waals surface area (Å²) < 4.78 is 0.291. The molecule has 1 aliphatic rings. The van der Waals surface area contributed by atoms with Gasteiger partial charge in [0.25, 0.3) is 0 Å². The lowest BCUT2D eigenvalue weighted by atomic mass is 9.88. The fourth-order valence-corrected chi connectivity index (χ4v) is 3.51. The van der Waals surface area contributed by atoms with Gasteiger partial charge < -0.3 is 10.2 Å². The van der Waals surface area contributed by atoms with Crippen LogP contribution in [0.15, 0.2) is 0 Å². The minimum absolute atomic E-state index is 0.291. The van der Waals surface area contributed by atoms with Gasteiger partial charge in [-0.15, -0.1) is 0 Å². The number of nitrogens with zero attached hydrogens (tertiary/aromatic N) is 4. The molecule has 1 heterocycles. The lowest BCUT2D eigenvalue weighted by Crippen LogP contribution is -2.36. The number of thioether (sulfide) groups is 1. The Morgan fingerprint density at radius 3 is 2.38 bits per heavy atom. The topological polar surface area (TPSA) is 92.0 Å². The van der Waals surface area contributed by atoms with E-state index >= 15 is 0 Å². The summed E-state index contributed by atoms with van der Waals surface area (Å²) >= 11 is 1.95. The Bertz CT molecular complexity index is 460. The lowest BCUT2D eigenvalue weighted by Gasteiger charge is -2.35. The molecule has 4 N–H and O–H groups in total. The van der Waals surface area contributed by atoms with Gasteiger partial charge in [-0.25, -0.2) is 5.84 Å². The summed E-state index contributed by atoms with van der Waals surface area (Å²) in [7, 11) is 3.79. The maximum absolute atomic E-state index is 5.43. The van der Waals surface area contributed by atoms with Crippen LogP contribution in [0.3, 0.4) is 0 Å². The van der Waals surface area contributed by atoms with Crippen LogP contribution in [0.1, 0.15) is 32.1 Å². The van der Waals surface area contributed by atoms with Crippen LogP contribution < -0.4 is 21.5 Å². The van der Waals surface area contributed by atoms with Crippen LogP contribution in [0.4, 0.5) is 17.8 Å². The van der Waals surface area contributed by atoms with Gasteiger partial charge in [-0.1, -0.05) is 19.3 Å². The van der Waals surface area contributed by atoms with Crippen molar-refractivity contribution in [3.8, 4) is 0 Å². The standard InChI is InChI=1S/C13H25N7S/c1-20(2)12-17-10(16-11(18-12)19-14)15-9-13(21-3)7-5-4-6-8-13/h4-9,14H2,1-3H3,(H2,15,16,17,18,19). The third kappa shape index (κ3) is 4.10. The number of hydrogen-bond donors (Lipinski definition) is 3. The highest BCUT2D eigenvalue weighted by atomic mass is 32.2. The SMILES string of the molecule is CSC1(CNc2nc(NN)nc(N(C)C)n2)CCCCC1. The fourth-order valence-electron chi connectivity index (χ4n) is 2.60. The van der Waals surface area contributed by atoms with Crippen molar-refractivity contribution >= 4 is 29.6 Å². The molecule has 0 aliphatic heterocycles. The average Bonchev–Trinajstić information content (AvgIpc) is 2.53. The second kappa shape index (κ2) is 7.13. The first kappa shape index (κ1) is 16.1. The third-order valence-electron chi connectivity index (χ3n) is 3.92. The molecule has 0 bridgehead atoms. The maximum atomic E-state index is 5.43. The largest absolute Gasteiger partial charge is 0.353 e. The van der Waals surface area contributed by atoms with E-state index in [2.05, 4.69) is 32.0 Å². The molecule has 1 aliphatic carbocycles. The highest BCUT2D eigenvalue weighted by Gasteiger charge is 2.31. The van der Waals surface area contributed by atoms with Crippen LogP contribution in [0, 0.1) is 0 Å². The molecule has 0 atom stereocenters. The van der Waals surface area contributed by atoms with Crippen molar-refractivity contribution in [2.24, 2.45) is 5.84 Å². The second-order valence-electron chi connectivity index (χ2n) is 5.62. The van der Waals surface area contributed by atoms with Crippen molar-refractivity contribution in [1.82, 2.24) is 15.0 Å². The summed E-state index contributed by atoms with van der Waals surface area (Å²) in [5.41, 5.74) is 2.49. The van der Waals surface area contributed by atoms with Gasteiger partial charge in [0.2, 0.25) is 17.8 Å². The molecule has 1 aromatic heterocycles. The van der Waals surface area contributed by atoms with E-state index in [9.17, 15) is 0 Å². The lowest BCUT2D eigenvalue weighted by molar-refractivity contribution is 0.411. The molecule has 1 fully saturated rings. The monoisotopic (exact) mass is 311 g/mol. The first-order chi connectivity index (χ1) is 10.1. The minimum Gasteiger partial charge on any atom is -0.353 e. The zero-order valence-corrected chi connectivity index (χ0v) is 13.8. The number of rotatable bonds is 6. The Balaban J connectivity index is 2.09. The fraction of sp³-hybridized carbons (Fsp3) is 0.769. The number of nitrogens with one attached hydrogen (secondary N) is 2. The van der Waals surface area contributed by atoms with Crippen molar-refractivity contribution in [1.29, 1.82) is 0 Å². The number of aromatic nitrogens is 3.